The minimum atomic E-state index is 0.320. The lowest BCUT2D eigenvalue weighted by molar-refractivity contribution is 0.157. The van der Waals surface area contributed by atoms with Gasteiger partial charge in [-0.1, -0.05) is 32.9 Å². The summed E-state index contributed by atoms with van der Waals surface area (Å²) in [6, 6.07) is 0. The summed E-state index contributed by atoms with van der Waals surface area (Å²) in [5.74, 6) is 1.20. The van der Waals surface area contributed by atoms with Crippen LogP contribution in [-0.2, 0) is 4.74 Å². The van der Waals surface area contributed by atoms with E-state index in [0.29, 0.717) is 6.10 Å². The van der Waals surface area contributed by atoms with Crippen LogP contribution < -0.4 is 0 Å². The number of allylic oxidation sites excluding steroid dienone is 4. The maximum absolute atomic E-state index is 5.93. The molecule has 2 rings (SSSR count). The number of hydrogen-bond donors (Lipinski definition) is 0. The summed E-state index contributed by atoms with van der Waals surface area (Å²) in [5, 5.41) is 0. The predicted octanol–water partition coefficient (Wildman–Crippen LogP) is 3.74. The Morgan fingerprint density at radius 3 is 2.50 bits per heavy atom. The van der Waals surface area contributed by atoms with Crippen molar-refractivity contribution in [1.82, 2.24) is 0 Å². The van der Waals surface area contributed by atoms with Crippen LogP contribution in [-0.4, -0.2) is 6.10 Å². The van der Waals surface area contributed by atoms with E-state index in [1.807, 2.05) is 0 Å². The fourth-order valence-corrected chi connectivity index (χ4v) is 2.30. The normalized spacial score (nSPS) is 24.6. The molecule has 1 unspecified atom stereocenters. The van der Waals surface area contributed by atoms with E-state index in [2.05, 4.69) is 32.9 Å². The van der Waals surface area contributed by atoms with Crippen LogP contribution in [0.15, 0.2) is 34.6 Å². The highest BCUT2D eigenvalue weighted by Crippen LogP contribution is 2.42. The van der Waals surface area contributed by atoms with Crippen LogP contribution in [0.25, 0.3) is 0 Å². The van der Waals surface area contributed by atoms with Gasteiger partial charge in [0, 0.05) is 17.6 Å². The van der Waals surface area contributed by atoms with Crippen molar-refractivity contribution >= 4 is 0 Å². The number of hydrogen-bond acceptors (Lipinski definition) is 1. The largest absolute Gasteiger partial charge is 0.489 e. The second-order valence-electron chi connectivity index (χ2n) is 3.83. The molecule has 76 valence electrons. The highest BCUT2D eigenvalue weighted by atomic mass is 16.5. The van der Waals surface area contributed by atoms with Crippen molar-refractivity contribution in [2.24, 2.45) is 0 Å². The van der Waals surface area contributed by atoms with Gasteiger partial charge in [0.2, 0.25) is 0 Å². The molecule has 0 amide bonds. The molecule has 2 aliphatic rings. The maximum Gasteiger partial charge on any atom is 0.124 e. The van der Waals surface area contributed by atoms with E-state index in [1.54, 1.807) is 0 Å². The lowest BCUT2D eigenvalue weighted by Crippen LogP contribution is -2.06. The summed E-state index contributed by atoms with van der Waals surface area (Å²) in [6.45, 7) is 6.57. The van der Waals surface area contributed by atoms with Gasteiger partial charge in [-0.2, -0.15) is 0 Å². The Hall–Kier alpha value is -0.980. The first kappa shape index (κ1) is 9.57. The predicted molar refractivity (Wildman–Crippen MR) is 58.9 cm³/mol. The standard InChI is InChI=1S/C13H18O/c1-4-9-7-8-10-11(5-2)14-12(6-3)13(9)10/h7-8,11H,4-6H2,1-3H3. The second kappa shape index (κ2) is 3.64. The van der Waals surface area contributed by atoms with E-state index >= 15 is 0 Å². The minimum absolute atomic E-state index is 0.320. The van der Waals surface area contributed by atoms with E-state index in [9.17, 15) is 0 Å². The first-order chi connectivity index (χ1) is 6.81. The highest BCUT2D eigenvalue weighted by molar-refractivity contribution is 5.60. The van der Waals surface area contributed by atoms with Crippen molar-refractivity contribution in [1.29, 1.82) is 0 Å². The molecule has 0 radical (unpaired) electrons. The van der Waals surface area contributed by atoms with Crippen molar-refractivity contribution in [3.05, 3.63) is 34.6 Å². The SMILES string of the molecule is CCC1=CC=C2C1=C(CC)OC2CC. The molecule has 1 nitrogen and oxygen atoms in total. The molecule has 1 heterocycles. The van der Waals surface area contributed by atoms with Crippen LogP contribution in [0.2, 0.25) is 0 Å². The Morgan fingerprint density at radius 1 is 1.14 bits per heavy atom. The molecule has 14 heavy (non-hydrogen) atoms. The molecule has 0 spiro atoms. The number of fused-ring (bicyclic) bond motifs is 1. The summed E-state index contributed by atoms with van der Waals surface area (Å²) >= 11 is 0. The summed E-state index contributed by atoms with van der Waals surface area (Å²) in [7, 11) is 0. The molecule has 0 saturated heterocycles. The van der Waals surface area contributed by atoms with Gasteiger partial charge in [-0.15, -0.1) is 0 Å². The molecule has 1 aliphatic carbocycles. The molecular weight excluding hydrogens is 172 g/mol. The lowest BCUT2D eigenvalue weighted by atomic mass is 9.97. The van der Waals surface area contributed by atoms with Gasteiger partial charge in [-0.05, 0) is 18.4 Å². The molecule has 0 aromatic heterocycles. The topological polar surface area (TPSA) is 9.23 Å². The molecule has 0 bridgehead atoms. The van der Waals surface area contributed by atoms with Gasteiger partial charge in [-0.25, -0.2) is 0 Å². The average molecular weight is 190 g/mol. The van der Waals surface area contributed by atoms with E-state index in [-0.39, 0.29) is 0 Å². The van der Waals surface area contributed by atoms with Crippen molar-refractivity contribution in [3.8, 4) is 0 Å². The summed E-state index contributed by atoms with van der Waals surface area (Å²) in [6.07, 6.45) is 8.01. The van der Waals surface area contributed by atoms with E-state index in [1.165, 1.54) is 22.5 Å². The quantitative estimate of drug-likeness (QED) is 0.658. The van der Waals surface area contributed by atoms with Gasteiger partial charge in [-0.3, -0.25) is 0 Å². The Labute approximate surface area is 86.2 Å². The third-order valence-electron chi connectivity index (χ3n) is 3.06. The third kappa shape index (κ3) is 1.23. The Balaban J connectivity index is 2.35. The fourth-order valence-electron chi connectivity index (χ4n) is 2.30. The van der Waals surface area contributed by atoms with Crippen LogP contribution in [0.1, 0.15) is 40.0 Å². The van der Waals surface area contributed by atoms with Crippen molar-refractivity contribution < 1.29 is 4.74 Å². The van der Waals surface area contributed by atoms with Crippen LogP contribution in [0.3, 0.4) is 0 Å². The fraction of sp³-hybridized carbons (Fsp3) is 0.538. The van der Waals surface area contributed by atoms with Crippen molar-refractivity contribution in [2.45, 2.75) is 46.1 Å². The zero-order valence-corrected chi connectivity index (χ0v) is 9.26. The molecular formula is C13H18O. The van der Waals surface area contributed by atoms with Gasteiger partial charge >= 0.3 is 0 Å². The smallest absolute Gasteiger partial charge is 0.124 e. The number of rotatable bonds is 3. The van der Waals surface area contributed by atoms with E-state index in [4.69, 9.17) is 4.74 Å². The van der Waals surface area contributed by atoms with Gasteiger partial charge in [0.05, 0.1) is 0 Å². The average Bonchev–Trinajstić information content (AvgIpc) is 2.75. The Bertz CT molecular complexity index is 331. The molecule has 1 atom stereocenters. The first-order valence-electron chi connectivity index (χ1n) is 5.63. The molecule has 1 aliphatic heterocycles. The highest BCUT2D eigenvalue weighted by Gasteiger charge is 2.32. The van der Waals surface area contributed by atoms with Crippen molar-refractivity contribution in [2.75, 3.05) is 0 Å². The van der Waals surface area contributed by atoms with Gasteiger partial charge < -0.3 is 4.74 Å². The zero-order chi connectivity index (χ0) is 10.1. The van der Waals surface area contributed by atoms with E-state index < -0.39 is 0 Å². The van der Waals surface area contributed by atoms with Crippen LogP contribution in [0.5, 0.6) is 0 Å². The molecule has 0 saturated carbocycles. The summed E-state index contributed by atoms with van der Waals surface area (Å²) in [4.78, 5) is 0. The van der Waals surface area contributed by atoms with Gasteiger partial charge in [0.1, 0.15) is 11.9 Å². The molecule has 0 aromatic rings. The zero-order valence-electron chi connectivity index (χ0n) is 9.26. The minimum Gasteiger partial charge on any atom is -0.489 e. The van der Waals surface area contributed by atoms with Crippen LogP contribution in [0, 0.1) is 0 Å². The van der Waals surface area contributed by atoms with Crippen LogP contribution in [0.4, 0.5) is 0 Å². The molecule has 0 fully saturated rings. The monoisotopic (exact) mass is 190 g/mol. The maximum atomic E-state index is 5.93. The molecule has 1 heteroatoms. The van der Waals surface area contributed by atoms with E-state index in [0.717, 1.165) is 19.3 Å². The number of ether oxygens (including phenoxy) is 1. The van der Waals surface area contributed by atoms with Gasteiger partial charge in [0.25, 0.3) is 0 Å². The van der Waals surface area contributed by atoms with Crippen molar-refractivity contribution in [3.63, 3.8) is 0 Å². The second-order valence-corrected chi connectivity index (χ2v) is 3.83. The van der Waals surface area contributed by atoms with Crippen LogP contribution >= 0.6 is 0 Å². The van der Waals surface area contributed by atoms with Gasteiger partial charge in [0.15, 0.2) is 0 Å². The molecule has 0 N–H and O–H groups in total. The molecule has 0 aromatic carbocycles. The summed E-state index contributed by atoms with van der Waals surface area (Å²) in [5.41, 5.74) is 4.29. The Morgan fingerprint density at radius 2 is 1.93 bits per heavy atom. The lowest BCUT2D eigenvalue weighted by Gasteiger charge is -2.10. The summed E-state index contributed by atoms with van der Waals surface area (Å²) < 4.78 is 5.93. The first-order valence-corrected chi connectivity index (χ1v) is 5.63. The Kier molecular flexibility index (Phi) is 2.49. The third-order valence-corrected chi connectivity index (χ3v) is 3.06.